The summed E-state index contributed by atoms with van der Waals surface area (Å²) < 4.78 is 0. The van der Waals surface area contributed by atoms with Crippen LogP contribution in [0.2, 0.25) is 0 Å². The zero-order valence-electron chi connectivity index (χ0n) is 13.9. The summed E-state index contributed by atoms with van der Waals surface area (Å²) in [5.41, 5.74) is 1.68. The van der Waals surface area contributed by atoms with E-state index in [1.807, 2.05) is 6.07 Å². The number of aromatic hydroxyl groups is 1. The summed E-state index contributed by atoms with van der Waals surface area (Å²) in [4.78, 5) is 22.9. The topological polar surface area (TPSA) is 92.5 Å². The third-order valence-electron chi connectivity index (χ3n) is 4.20. The molecule has 1 amide bonds. The fourth-order valence-corrected chi connectivity index (χ4v) is 2.45. The molecule has 2 aromatic rings. The lowest BCUT2D eigenvalue weighted by atomic mass is 9.98. The summed E-state index contributed by atoms with van der Waals surface area (Å²) in [5.74, 6) is -0.243. The molecule has 1 unspecified atom stereocenters. The van der Waals surface area contributed by atoms with Gasteiger partial charge in [0.05, 0.1) is 10.6 Å². The van der Waals surface area contributed by atoms with Crippen molar-refractivity contribution in [3.63, 3.8) is 0 Å². The van der Waals surface area contributed by atoms with Crippen LogP contribution in [-0.4, -0.2) is 15.9 Å². The molecule has 2 rings (SSSR count). The second-order valence-corrected chi connectivity index (χ2v) is 5.75. The zero-order chi connectivity index (χ0) is 17.9. The van der Waals surface area contributed by atoms with Gasteiger partial charge in [-0.3, -0.25) is 14.9 Å². The van der Waals surface area contributed by atoms with E-state index < -0.39 is 10.8 Å². The highest BCUT2D eigenvalue weighted by atomic mass is 16.6. The molecule has 0 aromatic heterocycles. The number of nitro groups is 1. The molecule has 0 saturated heterocycles. The molecular formula is C18H20N2O4. The highest BCUT2D eigenvalue weighted by molar-refractivity contribution is 6.06. The van der Waals surface area contributed by atoms with E-state index in [-0.39, 0.29) is 22.6 Å². The first-order valence-corrected chi connectivity index (χ1v) is 7.73. The van der Waals surface area contributed by atoms with Gasteiger partial charge in [-0.15, -0.1) is 0 Å². The van der Waals surface area contributed by atoms with Crippen molar-refractivity contribution < 1.29 is 14.8 Å². The third-order valence-corrected chi connectivity index (χ3v) is 4.20. The average Bonchev–Trinajstić information content (AvgIpc) is 2.55. The van der Waals surface area contributed by atoms with Gasteiger partial charge in [-0.2, -0.15) is 0 Å². The van der Waals surface area contributed by atoms with Gasteiger partial charge in [0.1, 0.15) is 5.75 Å². The van der Waals surface area contributed by atoms with Gasteiger partial charge in [0.25, 0.3) is 11.6 Å². The van der Waals surface area contributed by atoms with Gasteiger partial charge in [0.2, 0.25) is 0 Å². The molecule has 1 atom stereocenters. The van der Waals surface area contributed by atoms with Gasteiger partial charge in [0.15, 0.2) is 0 Å². The van der Waals surface area contributed by atoms with Crippen LogP contribution in [-0.2, 0) is 0 Å². The first-order valence-electron chi connectivity index (χ1n) is 7.73. The van der Waals surface area contributed by atoms with Crippen molar-refractivity contribution in [1.29, 1.82) is 0 Å². The fourth-order valence-electron chi connectivity index (χ4n) is 2.45. The van der Waals surface area contributed by atoms with Crippen LogP contribution >= 0.6 is 0 Å². The van der Waals surface area contributed by atoms with Gasteiger partial charge in [-0.1, -0.05) is 26.0 Å². The number of nitro benzene ring substituents is 1. The number of nitrogens with zero attached hydrogens (tertiary/aromatic N) is 1. The van der Waals surface area contributed by atoms with E-state index in [1.165, 1.54) is 31.2 Å². The smallest absolute Gasteiger partial charge is 0.273 e. The van der Waals surface area contributed by atoms with Gasteiger partial charge >= 0.3 is 0 Å². The van der Waals surface area contributed by atoms with Crippen LogP contribution in [0.5, 0.6) is 5.75 Å². The predicted octanol–water partition coefficient (Wildman–Crippen LogP) is 4.37. The highest BCUT2D eigenvalue weighted by Crippen LogP contribution is 2.30. The van der Waals surface area contributed by atoms with Crippen LogP contribution in [0.25, 0.3) is 0 Å². The maximum atomic E-state index is 12.5. The average molecular weight is 328 g/mol. The number of carbonyl (C=O) groups is 1. The van der Waals surface area contributed by atoms with Crippen LogP contribution < -0.4 is 5.32 Å². The summed E-state index contributed by atoms with van der Waals surface area (Å²) in [6, 6.07) is 9.43. The Balaban J connectivity index is 2.34. The molecule has 6 heteroatoms. The van der Waals surface area contributed by atoms with Crippen LogP contribution in [0.4, 0.5) is 11.4 Å². The van der Waals surface area contributed by atoms with Gasteiger partial charge in [0, 0.05) is 17.2 Å². The first-order chi connectivity index (χ1) is 11.3. The van der Waals surface area contributed by atoms with E-state index in [0.717, 1.165) is 12.0 Å². The van der Waals surface area contributed by atoms with E-state index in [9.17, 15) is 20.0 Å². The van der Waals surface area contributed by atoms with Gasteiger partial charge in [-0.25, -0.2) is 0 Å². The third kappa shape index (κ3) is 3.53. The lowest BCUT2D eigenvalue weighted by Gasteiger charge is -2.14. The van der Waals surface area contributed by atoms with E-state index in [1.54, 1.807) is 6.07 Å². The molecule has 0 aliphatic rings. The summed E-state index contributed by atoms with van der Waals surface area (Å²) in [7, 11) is 0. The van der Waals surface area contributed by atoms with Crippen LogP contribution in [0.1, 0.15) is 47.7 Å². The van der Waals surface area contributed by atoms with Crippen molar-refractivity contribution in [2.24, 2.45) is 0 Å². The molecule has 0 fully saturated rings. The SMILES string of the molecule is CCC(C)c1ccc(O)c(NC(=O)c2cccc([N+](=O)[O-])c2C)c1. The first kappa shape index (κ1) is 17.5. The summed E-state index contributed by atoms with van der Waals surface area (Å²) >= 11 is 0. The Morgan fingerprint density at radius 1 is 1.33 bits per heavy atom. The molecular weight excluding hydrogens is 308 g/mol. The van der Waals surface area contributed by atoms with Crippen molar-refractivity contribution in [3.8, 4) is 5.75 Å². The monoisotopic (exact) mass is 328 g/mol. The number of amides is 1. The molecule has 126 valence electrons. The van der Waals surface area contributed by atoms with Crippen molar-refractivity contribution >= 4 is 17.3 Å². The second-order valence-electron chi connectivity index (χ2n) is 5.75. The number of hydrogen-bond donors (Lipinski definition) is 2. The number of hydrogen-bond acceptors (Lipinski definition) is 4. The van der Waals surface area contributed by atoms with Crippen LogP contribution in [0.15, 0.2) is 36.4 Å². The standard InChI is InChI=1S/C18H20N2O4/c1-4-11(2)13-8-9-17(21)15(10-13)19-18(22)14-6-5-7-16(12(14)3)20(23)24/h5-11,21H,4H2,1-3H3,(H,19,22). The highest BCUT2D eigenvalue weighted by Gasteiger charge is 2.19. The molecule has 0 aliphatic carbocycles. The Bertz CT molecular complexity index is 787. The molecule has 0 heterocycles. The lowest BCUT2D eigenvalue weighted by molar-refractivity contribution is -0.385. The summed E-state index contributed by atoms with van der Waals surface area (Å²) in [6.45, 7) is 5.65. The Hall–Kier alpha value is -2.89. The molecule has 0 bridgehead atoms. The Labute approximate surface area is 140 Å². The molecule has 24 heavy (non-hydrogen) atoms. The van der Waals surface area contributed by atoms with Gasteiger partial charge < -0.3 is 10.4 Å². The number of phenolic OH excluding ortho intramolecular Hbond substituents is 1. The summed E-state index contributed by atoms with van der Waals surface area (Å²) in [6.07, 6.45) is 0.933. The van der Waals surface area contributed by atoms with E-state index >= 15 is 0 Å². The molecule has 0 spiro atoms. The minimum absolute atomic E-state index is 0.0431. The van der Waals surface area contributed by atoms with Crippen molar-refractivity contribution in [3.05, 3.63) is 63.2 Å². The summed E-state index contributed by atoms with van der Waals surface area (Å²) in [5, 5.41) is 23.6. The molecule has 6 nitrogen and oxygen atoms in total. The fraction of sp³-hybridized carbons (Fsp3) is 0.278. The minimum Gasteiger partial charge on any atom is -0.506 e. The van der Waals surface area contributed by atoms with Crippen LogP contribution in [0.3, 0.4) is 0 Å². The Kier molecular flexibility index (Phi) is 5.18. The van der Waals surface area contributed by atoms with Crippen LogP contribution in [0, 0.1) is 17.0 Å². The van der Waals surface area contributed by atoms with E-state index in [2.05, 4.69) is 19.2 Å². The predicted molar refractivity (Wildman–Crippen MR) is 92.6 cm³/mol. The number of nitrogens with one attached hydrogen (secondary N) is 1. The van der Waals surface area contributed by atoms with Crippen molar-refractivity contribution in [2.75, 3.05) is 5.32 Å². The Morgan fingerprint density at radius 3 is 2.67 bits per heavy atom. The minimum atomic E-state index is -0.521. The molecule has 0 saturated carbocycles. The number of anilines is 1. The molecule has 2 aromatic carbocycles. The number of phenols is 1. The van der Waals surface area contributed by atoms with Crippen molar-refractivity contribution in [2.45, 2.75) is 33.1 Å². The maximum Gasteiger partial charge on any atom is 0.273 e. The Morgan fingerprint density at radius 2 is 2.04 bits per heavy atom. The second kappa shape index (κ2) is 7.12. The molecule has 0 aliphatic heterocycles. The van der Waals surface area contributed by atoms with Crippen molar-refractivity contribution in [1.82, 2.24) is 0 Å². The zero-order valence-corrected chi connectivity index (χ0v) is 13.9. The number of carbonyl (C=O) groups excluding carboxylic acids is 1. The van der Waals surface area contributed by atoms with E-state index in [4.69, 9.17) is 0 Å². The lowest BCUT2D eigenvalue weighted by Crippen LogP contribution is -2.14. The largest absolute Gasteiger partial charge is 0.506 e. The van der Waals surface area contributed by atoms with Gasteiger partial charge in [-0.05, 0) is 43.0 Å². The number of benzene rings is 2. The number of rotatable bonds is 5. The van der Waals surface area contributed by atoms with E-state index in [0.29, 0.717) is 11.6 Å². The normalized spacial score (nSPS) is 11.8. The maximum absolute atomic E-state index is 12.5. The quantitative estimate of drug-likeness (QED) is 0.484. The molecule has 0 radical (unpaired) electrons. The molecule has 2 N–H and O–H groups in total.